The minimum atomic E-state index is 0.601. The number of nitrogens with one attached hydrogen (secondary N) is 2. The molecular formula is C28H31N7. The normalized spacial score (nSPS) is 26.3. The minimum Gasteiger partial charge on any atom is -0.353 e. The lowest BCUT2D eigenvalue weighted by Gasteiger charge is -2.30. The fourth-order valence-electron chi connectivity index (χ4n) is 7.09. The Morgan fingerprint density at radius 2 is 1.89 bits per heavy atom. The van der Waals surface area contributed by atoms with Gasteiger partial charge in [-0.15, -0.1) is 0 Å². The van der Waals surface area contributed by atoms with Crippen LogP contribution in [0.4, 0.5) is 5.82 Å². The van der Waals surface area contributed by atoms with E-state index in [-0.39, 0.29) is 0 Å². The largest absolute Gasteiger partial charge is 0.353 e. The van der Waals surface area contributed by atoms with E-state index >= 15 is 0 Å². The van der Waals surface area contributed by atoms with Crippen LogP contribution in [-0.2, 0) is 0 Å². The molecule has 3 saturated carbocycles. The maximum atomic E-state index is 5.28. The Morgan fingerprint density at radius 3 is 2.69 bits per heavy atom. The molecule has 4 aliphatic rings. The van der Waals surface area contributed by atoms with Crippen molar-refractivity contribution in [3.63, 3.8) is 0 Å². The fourth-order valence-corrected chi connectivity index (χ4v) is 7.09. The first-order valence-electron chi connectivity index (χ1n) is 13.4. The second-order valence-electron chi connectivity index (χ2n) is 11.1. The molecule has 7 heteroatoms. The summed E-state index contributed by atoms with van der Waals surface area (Å²) in [5, 5.41) is 5.83. The Bertz CT molecular complexity index is 1430. The summed E-state index contributed by atoms with van der Waals surface area (Å²) >= 11 is 0. The molecule has 0 amide bonds. The zero-order valence-electron chi connectivity index (χ0n) is 20.0. The van der Waals surface area contributed by atoms with Crippen molar-refractivity contribution < 1.29 is 0 Å². The standard InChI is InChI=1S/C28H31N7/c1-2-18-11-16(1)12-20(18)23-13-21-19(5-6-31-26(21)32-23)27-33-24-15-30-14-22(17-3-4-17)25(24)28(34-27)35-9-7-29-8-10-35/h5-6,13-18,20,29H,1-4,7-12H2,(H,31,32)/t16-,18+,20-/m0/s1. The van der Waals surface area contributed by atoms with Gasteiger partial charge in [0.1, 0.15) is 11.5 Å². The molecule has 8 rings (SSSR count). The highest BCUT2D eigenvalue weighted by molar-refractivity contribution is 5.97. The Hall–Kier alpha value is -3.06. The third kappa shape index (κ3) is 3.28. The summed E-state index contributed by atoms with van der Waals surface area (Å²) in [6.07, 6.45) is 13.9. The third-order valence-electron chi connectivity index (χ3n) is 8.98. The molecule has 2 N–H and O–H groups in total. The first-order chi connectivity index (χ1) is 17.3. The molecule has 0 radical (unpaired) electrons. The van der Waals surface area contributed by atoms with Crippen molar-refractivity contribution >= 4 is 27.8 Å². The van der Waals surface area contributed by atoms with E-state index in [9.17, 15) is 0 Å². The maximum Gasteiger partial charge on any atom is 0.163 e. The average Bonchev–Trinajstić information content (AvgIpc) is 3.31. The molecule has 178 valence electrons. The second kappa shape index (κ2) is 7.72. The Labute approximate surface area is 204 Å². The molecule has 3 aliphatic carbocycles. The van der Waals surface area contributed by atoms with Crippen molar-refractivity contribution in [2.75, 3.05) is 31.1 Å². The zero-order valence-corrected chi connectivity index (χ0v) is 20.0. The Kier molecular flexibility index (Phi) is 4.45. The predicted molar refractivity (Wildman–Crippen MR) is 138 cm³/mol. The fraction of sp³-hybridized carbons (Fsp3) is 0.500. The van der Waals surface area contributed by atoms with Crippen LogP contribution in [-0.4, -0.2) is 51.1 Å². The third-order valence-corrected chi connectivity index (χ3v) is 8.98. The van der Waals surface area contributed by atoms with E-state index in [2.05, 4.69) is 32.3 Å². The maximum absolute atomic E-state index is 5.28. The smallest absolute Gasteiger partial charge is 0.163 e. The van der Waals surface area contributed by atoms with Gasteiger partial charge in [-0.1, -0.05) is 6.42 Å². The van der Waals surface area contributed by atoms with Gasteiger partial charge in [-0.3, -0.25) is 4.98 Å². The number of aromatic amines is 1. The summed E-state index contributed by atoms with van der Waals surface area (Å²) < 4.78 is 0. The summed E-state index contributed by atoms with van der Waals surface area (Å²) in [7, 11) is 0. The van der Waals surface area contributed by atoms with E-state index < -0.39 is 0 Å². The highest BCUT2D eigenvalue weighted by Gasteiger charge is 2.41. The molecule has 2 bridgehead atoms. The van der Waals surface area contributed by atoms with Crippen LogP contribution in [0, 0.1) is 11.8 Å². The number of fused-ring (bicyclic) bond motifs is 4. The van der Waals surface area contributed by atoms with Gasteiger partial charge < -0.3 is 15.2 Å². The molecular weight excluding hydrogens is 434 g/mol. The van der Waals surface area contributed by atoms with E-state index in [0.717, 1.165) is 71.8 Å². The second-order valence-corrected chi connectivity index (χ2v) is 11.1. The van der Waals surface area contributed by atoms with Crippen molar-refractivity contribution in [2.45, 2.75) is 50.4 Å². The van der Waals surface area contributed by atoms with Crippen LogP contribution in [0.15, 0.2) is 30.7 Å². The lowest BCUT2D eigenvalue weighted by molar-refractivity contribution is 0.414. The van der Waals surface area contributed by atoms with Gasteiger partial charge in [0.05, 0.1) is 11.7 Å². The van der Waals surface area contributed by atoms with Crippen LogP contribution in [0.25, 0.3) is 33.3 Å². The number of hydrogen-bond donors (Lipinski definition) is 2. The molecule has 0 spiro atoms. The summed E-state index contributed by atoms with van der Waals surface area (Å²) in [6.45, 7) is 3.88. The molecule has 3 atom stereocenters. The SMILES string of the molecule is c1cc(-c2nc(N3CCNCC3)c3c(C4CC4)cncc3n2)c2cc([C@H]3C[C@H]4CC[C@@H]3C4)[nH]c2n1. The number of nitrogens with zero attached hydrogens (tertiary/aromatic N) is 5. The van der Waals surface area contributed by atoms with Crippen molar-refractivity contribution in [1.82, 2.24) is 30.2 Å². The number of pyridine rings is 2. The number of aromatic nitrogens is 5. The van der Waals surface area contributed by atoms with Crippen molar-refractivity contribution in [3.8, 4) is 11.4 Å². The molecule has 4 fully saturated rings. The van der Waals surface area contributed by atoms with Crippen LogP contribution in [0.1, 0.15) is 61.6 Å². The van der Waals surface area contributed by atoms with E-state index in [4.69, 9.17) is 15.0 Å². The van der Waals surface area contributed by atoms with E-state index in [1.165, 1.54) is 55.2 Å². The van der Waals surface area contributed by atoms with E-state index in [1.54, 1.807) is 0 Å². The summed E-state index contributed by atoms with van der Waals surface area (Å²) in [6, 6.07) is 4.43. The number of hydrogen-bond acceptors (Lipinski definition) is 6. The summed E-state index contributed by atoms with van der Waals surface area (Å²) in [4.78, 5) is 25.8. The van der Waals surface area contributed by atoms with Crippen LogP contribution in [0.3, 0.4) is 0 Å². The van der Waals surface area contributed by atoms with Gasteiger partial charge in [0.25, 0.3) is 0 Å². The van der Waals surface area contributed by atoms with Gasteiger partial charge >= 0.3 is 0 Å². The number of anilines is 1. The van der Waals surface area contributed by atoms with Crippen molar-refractivity contribution in [3.05, 3.63) is 42.0 Å². The van der Waals surface area contributed by atoms with Gasteiger partial charge in [0, 0.05) is 66.5 Å². The van der Waals surface area contributed by atoms with E-state index in [1.807, 2.05) is 18.6 Å². The number of piperazine rings is 1. The topological polar surface area (TPSA) is 82.6 Å². The van der Waals surface area contributed by atoms with Crippen molar-refractivity contribution in [2.24, 2.45) is 11.8 Å². The summed E-state index contributed by atoms with van der Waals surface area (Å²) in [5.41, 5.74) is 5.66. The first-order valence-corrected chi connectivity index (χ1v) is 13.4. The van der Waals surface area contributed by atoms with Crippen LogP contribution in [0.5, 0.6) is 0 Å². The highest BCUT2D eigenvalue weighted by atomic mass is 15.2. The molecule has 7 nitrogen and oxygen atoms in total. The average molecular weight is 466 g/mol. The van der Waals surface area contributed by atoms with Crippen LogP contribution in [0.2, 0.25) is 0 Å². The Balaban J connectivity index is 1.29. The molecule has 1 aliphatic heterocycles. The van der Waals surface area contributed by atoms with Gasteiger partial charge in [0.2, 0.25) is 0 Å². The molecule has 4 aromatic heterocycles. The van der Waals surface area contributed by atoms with Gasteiger partial charge in [-0.2, -0.15) is 0 Å². The zero-order chi connectivity index (χ0) is 22.9. The molecule has 0 unspecified atom stereocenters. The van der Waals surface area contributed by atoms with Gasteiger partial charge in [0.15, 0.2) is 5.82 Å². The van der Waals surface area contributed by atoms with Crippen LogP contribution < -0.4 is 10.2 Å². The number of H-pyrrole nitrogens is 1. The molecule has 1 saturated heterocycles. The van der Waals surface area contributed by atoms with Crippen molar-refractivity contribution in [1.29, 1.82) is 0 Å². The lowest BCUT2D eigenvalue weighted by atomic mass is 9.86. The quantitative estimate of drug-likeness (QED) is 0.452. The minimum absolute atomic E-state index is 0.601. The molecule has 0 aromatic carbocycles. The van der Waals surface area contributed by atoms with Gasteiger partial charge in [-0.25, -0.2) is 15.0 Å². The Morgan fingerprint density at radius 1 is 0.971 bits per heavy atom. The molecule has 4 aromatic rings. The lowest BCUT2D eigenvalue weighted by Crippen LogP contribution is -2.44. The van der Waals surface area contributed by atoms with Crippen LogP contribution >= 0.6 is 0 Å². The highest BCUT2D eigenvalue weighted by Crippen LogP contribution is 2.53. The monoisotopic (exact) mass is 465 g/mol. The van der Waals surface area contributed by atoms with Gasteiger partial charge in [-0.05, 0) is 67.6 Å². The molecule has 35 heavy (non-hydrogen) atoms. The van der Waals surface area contributed by atoms with E-state index in [0.29, 0.717) is 11.8 Å². The first kappa shape index (κ1) is 20.2. The predicted octanol–water partition coefficient (Wildman–Crippen LogP) is 4.76. The molecule has 5 heterocycles. The number of rotatable bonds is 4. The summed E-state index contributed by atoms with van der Waals surface area (Å²) in [5.74, 6) is 4.86.